The number of carbonyl (C=O) groups excluding carboxylic acids is 3. The van der Waals surface area contributed by atoms with Crippen LogP contribution in [0.5, 0.6) is 5.75 Å². The number of aromatic nitrogens is 3. The highest BCUT2D eigenvalue weighted by atomic mass is 35.5. The zero-order valence-corrected chi connectivity index (χ0v) is 34.4. The average Bonchev–Trinajstić information content (AvgIpc) is 3.83. The van der Waals surface area contributed by atoms with Gasteiger partial charge in [0.1, 0.15) is 18.0 Å². The Balaban J connectivity index is 0.719. The molecule has 3 saturated heterocycles. The first-order valence-electron chi connectivity index (χ1n) is 20.1. The number of rotatable bonds is 15. The van der Waals surface area contributed by atoms with E-state index < -0.39 is 23.9 Å². The van der Waals surface area contributed by atoms with Gasteiger partial charge in [-0.2, -0.15) is 5.10 Å². The normalized spacial score (nSPS) is 19.8. The van der Waals surface area contributed by atoms with Crippen LogP contribution in [-0.4, -0.2) is 112 Å². The molecular formula is C42H48Cl2FN9O5. The van der Waals surface area contributed by atoms with E-state index in [0.717, 1.165) is 81.0 Å². The molecule has 2 aromatic carbocycles. The van der Waals surface area contributed by atoms with Crippen LogP contribution in [0, 0.1) is 11.7 Å². The van der Waals surface area contributed by atoms with Gasteiger partial charge in [-0.3, -0.25) is 24.4 Å². The Morgan fingerprint density at radius 1 is 1.02 bits per heavy atom. The fraction of sp³-hybridized carbons (Fsp3) is 0.452. The van der Waals surface area contributed by atoms with Gasteiger partial charge in [0.25, 0.3) is 5.91 Å². The predicted molar refractivity (Wildman–Crippen MR) is 222 cm³/mol. The van der Waals surface area contributed by atoms with E-state index in [1.54, 1.807) is 24.1 Å². The van der Waals surface area contributed by atoms with Gasteiger partial charge < -0.3 is 35.2 Å². The number of likely N-dealkylation sites (tertiary alicyclic amines) is 2. The van der Waals surface area contributed by atoms with Crippen molar-refractivity contribution in [3.8, 4) is 16.9 Å². The first-order chi connectivity index (χ1) is 28.5. The number of imide groups is 1. The van der Waals surface area contributed by atoms with Crippen LogP contribution < -0.4 is 21.1 Å². The van der Waals surface area contributed by atoms with Crippen molar-refractivity contribution in [3.63, 3.8) is 0 Å². The molecule has 4 aromatic rings. The maximum atomic E-state index is 14.1. The van der Waals surface area contributed by atoms with Gasteiger partial charge in [0.2, 0.25) is 11.8 Å². The minimum Gasteiger partial charge on any atom is -0.482 e. The first-order valence-corrected chi connectivity index (χ1v) is 20.9. The molecule has 0 spiro atoms. The Morgan fingerprint density at radius 3 is 2.58 bits per heavy atom. The van der Waals surface area contributed by atoms with E-state index in [2.05, 4.69) is 30.5 Å². The van der Waals surface area contributed by atoms with Crippen molar-refractivity contribution >= 4 is 52.4 Å². The molecule has 8 rings (SSSR count). The lowest BCUT2D eigenvalue weighted by atomic mass is 9.99. The largest absolute Gasteiger partial charge is 0.482 e. The number of ether oxygens (including phenoxy) is 2. The molecule has 0 bridgehead atoms. The molecule has 4 aliphatic heterocycles. The van der Waals surface area contributed by atoms with E-state index in [9.17, 15) is 18.8 Å². The topological polar surface area (TPSA) is 160 Å². The molecule has 4 aliphatic rings. The highest BCUT2D eigenvalue weighted by molar-refractivity contribution is 6.36. The number of benzene rings is 2. The molecule has 0 saturated carbocycles. The zero-order valence-electron chi connectivity index (χ0n) is 32.8. The van der Waals surface area contributed by atoms with Crippen LogP contribution in [0.1, 0.15) is 66.2 Å². The summed E-state index contributed by atoms with van der Waals surface area (Å²) in [6.45, 7) is 9.94. The van der Waals surface area contributed by atoms with E-state index in [4.69, 9.17) is 38.4 Å². The minimum atomic E-state index is -0.672. The Bertz CT molecular complexity index is 2210. The highest BCUT2D eigenvalue weighted by Crippen LogP contribution is 2.38. The molecule has 2 aromatic heterocycles. The van der Waals surface area contributed by atoms with Crippen LogP contribution in [0.25, 0.3) is 11.1 Å². The van der Waals surface area contributed by atoms with Crippen LogP contribution in [-0.2, 0) is 20.9 Å². The smallest absolute Gasteiger partial charge is 0.255 e. The Morgan fingerprint density at radius 2 is 1.80 bits per heavy atom. The molecular weight excluding hydrogens is 800 g/mol. The number of hydrogen-bond acceptors (Lipinski definition) is 11. The number of nitrogens with two attached hydrogens (primary N) is 1. The molecule has 59 heavy (non-hydrogen) atoms. The second kappa shape index (κ2) is 17.8. The number of amides is 3. The van der Waals surface area contributed by atoms with Crippen molar-refractivity contribution in [1.82, 2.24) is 34.8 Å². The number of pyridine rings is 1. The van der Waals surface area contributed by atoms with Gasteiger partial charge in [-0.1, -0.05) is 29.3 Å². The van der Waals surface area contributed by atoms with E-state index in [0.29, 0.717) is 54.0 Å². The molecule has 14 nitrogen and oxygen atoms in total. The van der Waals surface area contributed by atoms with Crippen LogP contribution in [0.2, 0.25) is 10.0 Å². The van der Waals surface area contributed by atoms with Gasteiger partial charge in [-0.15, -0.1) is 0 Å². The van der Waals surface area contributed by atoms with Gasteiger partial charge in [0.05, 0.1) is 30.5 Å². The Hall–Kier alpha value is -4.80. The molecule has 4 N–H and O–H groups in total. The third-order valence-electron chi connectivity index (χ3n) is 11.8. The molecule has 3 amide bonds. The van der Waals surface area contributed by atoms with Gasteiger partial charge in [0, 0.05) is 116 Å². The fourth-order valence-electron chi connectivity index (χ4n) is 8.45. The van der Waals surface area contributed by atoms with Gasteiger partial charge >= 0.3 is 0 Å². The third kappa shape index (κ3) is 9.04. The minimum absolute atomic E-state index is 0.0890. The predicted octanol–water partition coefficient (Wildman–Crippen LogP) is 5.57. The molecule has 0 aliphatic carbocycles. The summed E-state index contributed by atoms with van der Waals surface area (Å²) in [5.74, 6) is -0.390. The summed E-state index contributed by atoms with van der Waals surface area (Å²) in [7, 11) is 0. The summed E-state index contributed by atoms with van der Waals surface area (Å²) < 4.78 is 28.3. The SMILES string of the molecule is CC(Oc1cc(-c2cnn(C3CCN(CCOCCN4CC(CNc5cccc6c5CN(C5CCC(=O)NC5=O)C6=O)C4)CC3)c2)cnc1N)c1c(Cl)ccc(F)c1Cl. The first kappa shape index (κ1) is 41.0. The number of nitrogen functional groups attached to an aromatic ring is 1. The standard InChI is InChI=1S/C42H48Cl2FN9O5/c1-25(38-32(43)5-6-33(45)39(38)44)59-36-17-27(19-48-40(36)46)28-20-49-54(23-28)29-9-11-51(12-10-29)13-15-58-16-14-52-21-26(22-52)18-47-34-4-2-3-30-31(34)24-53(42(30)57)35-7-8-37(55)50-41(35)56/h2-6,17,19-20,23,25-26,29,35,47H,7-16,18,21-22,24H2,1H3,(H2,46,48)(H,50,55,56). The van der Waals surface area contributed by atoms with Crippen LogP contribution in [0.4, 0.5) is 15.9 Å². The molecule has 2 unspecified atom stereocenters. The van der Waals surface area contributed by atoms with Gasteiger partial charge in [0.15, 0.2) is 11.6 Å². The third-order valence-corrected chi connectivity index (χ3v) is 12.6. The van der Waals surface area contributed by atoms with Crippen molar-refractivity contribution in [2.45, 2.75) is 57.3 Å². The number of nitrogens with zero attached hydrogens (tertiary/aromatic N) is 6. The quantitative estimate of drug-likeness (QED) is 0.0780. The molecule has 0 radical (unpaired) electrons. The maximum Gasteiger partial charge on any atom is 0.255 e. The lowest BCUT2D eigenvalue weighted by Gasteiger charge is -2.39. The number of fused-ring (bicyclic) bond motifs is 1. The van der Waals surface area contributed by atoms with Gasteiger partial charge in [-0.25, -0.2) is 9.37 Å². The van der Waals surface area contributed by atoms with Crippen LogP contribution >= 0.6 is 23.2 Å². The second-order valence-electron chi connectivity index (χ2n) is 15.8. The van der Waals surface area contributed by atoms with Crippen LogP contribution in [0.15, 0.2) is 55.0 Å². The maximum absolute atomic E-state index is 14.1. The van der Waals surface area contributed by atoms with Crippen molar-refractivity contribution in [3.05, 3.63) is 87.5 Å². The number of hydrogen-bond donors (Lipinski definition) is 3. The summed E-state index contributed by atoms with van der Waals surface area (Å²) >= 11 is 12.5. The Labute approximate surface area is 352 Å². The van der Waals surface area contributed by atoms with Crippen molar-refractivity contribution in [1.29, 1.82) is 0 Å². The van der Waals surface area contributed by atoms with Crippen molar-refractivity contribution in [2.75, 3.05) is 70.1 Å². The summed E-state index contributed by atoms with van der Waals surface area (Å²) in [6, 6.07) is 9.79. The lowest BCUT2D eigenvalue weighted by Crippen LogP contribution is -2.52. The second-order valence-corrected chi connectivity index (χ2v) is 16.5. The zero-order chi connectivity index (χ0) is 41.2. The molecule has 3 fully saturated rings. The van der Waals surface area contributed by atoms with Gasteiger partial charge in [-0.05, 0) is 56.5 Å². The van der Waals surface area contributed by atoms with E-state index >= 15 is 0 Å². The van der Waals surface area contributed by atoms with Crippen molar-refractivity contribution < 1.29 is 28.2 Å². The monoisotopic (exact) mass is 847 g/mol. The number of nitrogens with one attached hydrogen (secondary N) is 2. The lowest BCUT2D eigenvalue weighted by molar-refractivity contribution is -0.136. The summed E-state index contributed by atoms with van der Waals surface area (Å²) in [5, 5.41) is 10.8. The fourth-order valence-corrected chi connectivity index (χ4v) is 9.13. The van der Waals surface area contributed by atoms with Crippen molar-refractivity contribution in [2.24, 2.45) is 5.92 Å². The number of halogens is 3. The van der Waals surface area contributed by atoms with E-state index in [-0.39, 0.29) is 35.1 Å². The summed E-state index contributed by atoms with van der Waals surface area (Å²) in [4.78, 5) is 47.9. The highest BCUT2D eigenvalue weighted by Gasteiger charge is 2.40. The Kier molecular flexibility index (Phi) is 12.4. The van der Waals surface area contributed by atoms with E-state index in [1.165, 1.54) is 12.1 Å². The molecule has 17 heteroatoms. The average molecular weight is 849 g/mol. The summed E-state index contributed by atoms with van der Waals surface area (Å²) in [6.07, 6.45) is 7.39. The number of anilines is 2. The molecule has 312 valence electrons. The molecule has 6 heterocycles. The van der Waals surface area contributed by atoms with Crippen LogP contribution in [0.3, 0.4) is 0 Å². The number of carbonyl (C=O) groups is 3. The molecule has 2 atom stereocenters. The number of piperidine rings is 2. The summed E-state index contributed by atoms with van der Waals surface area (Å²) in [5.41, 5.74) is 10.6. The van der Waals surface area contributed by atoms with E-state index in [1.807, 2.05) is 35.3 Å².